The molecule has 0 unspecified atom stereocenters. The molecule has 0 amide bonds. The highest BCUT2D eigenvalue weighted by Gasteiger charge is 2.04. The number of benzene rings is 2. The van der Waals surface area contributed by atoms with Gasteiger partial charge in [-0.05, 0) is 32.1 Å². The Hall–Kier alpha value is -2.35. The van der Waals surface area contributed by atoms with Crippen molar-refractivity contribution in [1.82, 2.24) is 0 Å². The molecule has 20 heavy (non-hydrogen) atoms. The van der Waals surface area contributed by atoms with Crippen LogP contribution in [0.5, 0.6) is 5.75 Å². The van der Waals surface area contributed by atoms with Crippen molar-refractivity contribution >= 4 is 11.9 Å². The zero-order valence-corrected chi connectivity index (χ0v) is 11.7. The van der Waals surface area contributed by atoms with E-state index in [4.69, 9.17) is 4.74 Å². The number of carbonyl (C=O) groups excluding carboxylic acids is 1. The van der Waals surface area contributed by atoms with E-state index in [9.17, 15) is 4.79 Å². The lowest BCUT2D eigenvalue weighted by atomic mass is 10.1. The first-order valence-electron chi connectivity index (χ1n) is 6.70. The molecule has 0 bridgehead atoms. The Bertz CT molecular complexity index is 598. The van der Waals surface area contributed by atoms with Gasteiger partial charge in [0.15, 0.2) is 5.78 Å². The lowest BCUT2D eigenvalue weighted by Gasteiger charge is -2.11. The topological polar surface area (TPSA) is 26.3 Å². The molecule has 102 valence electrons. The van der Waals surface area contributed by atoms with E-state index in [2.05, 4.69) is 0 Å². The highest BCUT2D eigenvalue weighted by atomic mass is 16.5. The maximum atomic E-state index is 12.0. The molecule has 2 aromatic carbocycles. The van der Waals surface area contributed by atoms with E-state index in [1.54, 1.807) is 12.2 Å². The Morgan fingerprint density at radius 1 is 1.00 bits per heavy atom. The fourth-order valence-electron chi connectivity index (χ4n) is 1.84. The first kappa shape index (κ1) is 14.1. The van der Waals surface area contributed by atoms with E-state index >= 15 is 0 Å². The first-order valence-corrected chi connectivity index (χ1v) is 6.70. The zero-order valence-electron chi connectivity index (χ0n) is 11.7. The predicted molar refractivity (Wildman–Crippen MR) is 82.0 cm³/mol. The Morgan fingerprint density at radius 2 is 1.65 bits per heavy atom. The van der Waals surface area contributed by atoms with Gasteiger partial charge >= 0.3 is 0 Å². The molecule has 0 aliphatic heterocycles. The molecule has 0 aromatic heterocycles. The number of rotatable bonds is 5. The van der Waals surface area contributed by atoms with Gasteiger partial charge in [0, 0.05) is 11.1 Å². The molecule has 0 N–H and O–H groups in total. The number of para-hydroxylation sites is 1. The summed E-state index contributed by atoms with van der Waals surface area (Å²) in [5.41, 5.74) is 1.59. The molecular formula is C18H18O2. The summed E-state index contributed by atoms with van der Waals surface area (Å²) in [6.45, 7) is 3.96. The van der Waals surface area contributed by atoms with Gasteiger partial charge in [-0.1, -0.05) is 48.5 Å². The molecule has 2 aromatic rings. The Labute approximate surface area is 119 Å². The lowest BCUT2D eigenvalue weighted by Crippen LogP contribution is -2.06. The van der Waals surface area contributed by atoms with Crippen LogP contribution in [0.25, 0.3) is 6.08 Å². The van der Waals surface area contributed by atoms with Crippen LogP contribution in [0.1, 0.15) is 29.8 Å². The monoisotopic (exact) mass is 266 g/mol. The molecule has 0 spiro atoms. The zero-order chi connectivity index (χ0) is 14.4. The summed E-state index contributed by atoms with van der Waals surface area (Å²) in [4.78, 5) is 12.0. The second kappa shape index (κ2) is 6.71. The molecule has 2 nitrogen and oxygen atoms in total. The molecule has 2 rings (SSSR count). The molecule has 0 radical (unpaired) electrons. The van der Waals surface area contributed by atoms with E-state index in [1.165, 1.54) is 0 Å². The smallest absolute Gasteiger partial charge is 0.185 e. The fraction of sp³-hybridized carbons (Fsp3) is 0.167. The van der Waals surface area contributed by atoms with Crippen molar-refractivity contribution in [3.8, 4) is 5.75 Å². The van der Waals surface area contributed by atoms with E-state index in [-0.39, 0.29) is 11.9 Å². The fourth-order valence-corrected chi connectivity index (χ4v) is 1.84. The Morgan fingerprint density at radius 3 is 2.35 bits per heavy atom. The van der Waals surface area contributed by atoms with Crippen molar-refractivity contribution in [2.24, 2.45) is 0 Å². The largest absolute Gasteiger partial charge is 0.490 e. The van der Waals surface area contributed by atoms with Crippen molar-refractivity contribution < 1.29 is 9.53 Å². The van der Waals surface area contributed by atoms with Gasteiger partial charge in [0.05, 0.1) is 6.10 Å². The van der Waals surface area contributed by atoms with Gasteiger partial charge < -0.3 is 4.74 Å². The van der Waals surface area contributed by atoms with Crippen molar-refractivity contribution in [1.29, 1.82) is 0 Å². The third-order valence-electron chi connectivity index (χ3n) is 2.75. The van der Waals surface area contributed by atoms with Crippen LogP contribution in [0, 0.1) is 0 Å². The Kier molecular flexibility index (Phi) is 4.72. The van der Waals surface area contributed by atoms with Gasteiger partial charge in [0.25, 0.3) is 0 Å². The van der Waals surface area contributed by atoms with Gasteiger partial charge in [0.2, 0.25) is 0 Å². The van der Waals surface area contributed by atoms with E-state index in [0.29, 0.717) is 5.56 Å². The summed E-state index contributed by atoms with van der Waals surface area (Å²) in [6, 6.07) is 16.9. The summed E-state index contributed by atoms with van der Waals surface area (Å²) in [5.74, 6) is 0.782. The normalized spacial score (nSPS) is 10.9. The lowest BCUT2D eigenvalue weighted by molar-refractivity contribution is 0.104. The molecule has 0 fully saturated rings. The number of carbonyl (C=O) groups is 1. The van der Waals surface area contributed by atoms with Crippen LogP contribution in [-0.4, -0.2) is 11.9 Å². The van der Waals surface area contributed by atoms with Gasteiger partial charge in [-0.2, -0.15) is 0 Å². The predicted octanol–water partition coefficient (Wildman–Crippen LogP) is 4.37. The number of allylic oxidation sites excluding steroid dienone is 1. The van der Waals surface area contributed by atoms with Gasteiger partial charge in [-0.3, -0.25) is 4.79 Å². The molecule has 0 atom stereocenters. The summed E-state index contributed by atoms with van der Waals surface area (Å²) in [6.07, 6.45) is 3.49. The molecule has 0 aliphatic carbocycles. The van der Waals surface area contributed by atoms with Gasteiger partial charge in [-0.25, -0.2) is 0 Å². The Balaban J connectivity index is 2.17. The summed E-state index contributed by atoms with van der Waals surface area (Å²) in [5, 5.41) is 0. The highest BCUT2D eigenvalue weighted by Crippen LogP contribution is 2.21. The molecule has 0 aliphatic rings. The molecule has 0 saturated carbocycles. The van der Waals surface area contributed by atoms with Crippen molar-refractivity contribution in [3.05, 3.63) is 71.8 Å². The molecule has 2 heteroatoms. The average Bonchev–Trinajstić information content (AvgIpc) is 2.46. The molecule has 0 saturated heterocycles. The molecule has 0 heterocycles. The van der Waals surface area contributed by atoms with Crippen molar-refractivity contribution in [2.75, 3.05) is 0 Å². The maximum absolute atomic E-state index is 12.0. The number of hydrogen-bond donors (Lipinski definition) is 0. The number of ether oxygens (including phenoxy) is 1. The standard InChI is InChI=1S/C18H18O2/c1-14(2)20-18-11-7-6-10-16(18)12-13-17(19)15-8-4-3-5-9-15/h3-14H,1-2H3/b13-12+. The second-order valence-corrected chi connectivity index (χ2v) is 4.77. The second-order valence-electron chi connectivity index (χ2n) is 4.77. The van der Waals surface area contributed by atoms with E-state index < -0.39 is 0 Å². The van der Waals surface area contributed by atoms with Crippen LogP contribution in [-0.2, 0) is 0 Å². The van der Waals surface area contributed by atoms with Crippen LogP contribution < -0.4 is 4.74 Å². The van der Waals surface area contributed by atoms with Crippen molar-refractivity contribution in [2.45, 2.75) is 20.0 Å². The average molecular weight is 266 g/mol. The third-order valence-corrected chi connectivity index (χ3v) is 2.75. The van der Waals surface area contributed by atoms with Crippen LogP contribution in [0.3, 0.4) is 0 Å². The van der Waals surface area contributed by atoms with E-state index in [1.807, 2.05) is 68.4 Å². The highest BCUT2D eigenvalue weighted by molar-refractivity contribution is 6.06. The summed E-state index contributed by atoms with van der Waals surface area (Å²) in [7, 11) is 0. The number of hydrogen-bond acceptors (Lipinski definition) is 2. The van der Waals surface area contributed by atoms with Crippen molar-refractivity contribution in [3.63, 3.8) is 0 Å². The van der Waals surface area contributed by atoms with Gasteiger partial charge in [0.1, 0.15) is 5.75 Å². The maximum Gasteiger partial charge on any atom is 0.185 e. The summed E-state index contributed by atoms with van der Waals surface area (Å²) >= 11 is 0. The first-order chi connectivity index (χ1) is 9.66. The SMILES string of the molecule is CC(C)Oc1ccccc1/C=C/C(=O)c1ccccc1. The van der Waals surface area contributed by atoms with Crippen LogP contribution in [0.2, 0.25) is 0 Å². The quantitative estimate of drug-likeness (QED) is 0.593. The summed E-state index contributed by atoms with van der Waals surface area (Å²) < 4.78 is 5.72. The molecular weight excluding hydrogens is 248 g/mol. The minimum Gasteiger partial charge on any atom is -0.490 e. The van der Waals surface area contributed by atoms with E-state index in [0.717, 1.165) is 11.3 Å². The minimum absolute atomic E-state index is 0.00931. The van der Waals surface area contributed by atoms with Gasteiger partial charge in [-0.15, -0.1) is 0 Å². The number of ketones is 1. The van der Waals surface area contributed by atoms with Crippen LogP contribution in [0.4, 0.5) is 0 Å². The third kappa shape index (κ3) is 3.82. The van der Waals surface area contributed by atoms with Crippen LogP contribution in [0.15, 0.2) is 60.7 Å². The van der Waals surface area contributed by atoms with Crippen LogP contribution >= 0.6 is 0 Å². The minimum atomic E-state index is -0.00931.